The Hall–Kier alpha value is -2.70. The van der Waals surface area contributed by atoms with Crippen molar-refractivity contribution in [3.8, 4) is 0 Å². The summed E-state index contributed by atoms with van der Waals surface area (Å²) in [6.07, 6.45) is 2.64. The zero-order valence-corrected chi connectivity index (χ0v) is 12.8. The number of esters is 1. The number of rotatable bonds is 6. The predicted octanol–water partition coefficient (Wildman–Crippen LogP) is 1.15. The molecule has 1 aromatic heterocycles. The number of hydrogen-bond donors (Lipinski definition) is 1. The molecule has 2 aromatic rings. The molecule has 7 nitrogen and oxygen atoms in total. The van der Waals surface area contributed by atoms with E-state index in [2.05, 4.69) is 15.6 Å². The Morgan fingerprint density at radius 2 is 2.09 bits per heavy atom. The second-order valence-corrected chi connectivity index (χ2v) is 5.62. The molecule has 23 heavy (non-hydrogen) atoms. The largest absolute Gasteiger partial charge is 0.448 e. The van der Waals surface area contributed by atoms with E-state index >= 15 is 0 Å². The summed E-state index contributed by atoms with van der Waals surface area (Å²) in [5, 5.41) is 10.5. The van der Waals surface area contributed by atoms with Gasteiger partial charge in [0.1, 0.15) is 0 Å². The summed E-state index contributed by atoms with van der Waals surface area (Å²) in [4.78, 5) is 23.8. The molecule has 1 fully saturated rings. The topological polar surface area (TPSA) is 86.1 Å². The van der Waals surface area contributed by atoms with Gasteiger partial charge in [-0.3, -0.25) is 4.79 Å². The number of amides is 1. The number of nitrogens with zero attached hydrogens (tertiary/aromatic N) is 3. The Bertz CT molecular complexity index is 694. The fraction of sp³-hybridized carbons (Fsp3) is 0.375. The van der Waals surface area contributed by atoms with Gasteiger partial charge in [0.2, 0.25) is 0 Å². The minimum atomic E-state index is -0.845. The van der Waals surface area contributed by atoms with Gasteiger partial charge in [0, 0.05) is 6.04 Å². The normalized spacial score (nSPS) is 15.0. The average molecular weight is 314 g/mol. The Labute approximate surface area is 133 Å². The summed E-state index contributed by atoms with van der Waals surface area (Å²) in [5.74, 6) is -0.930. The molecule has 1 amide bonds. The molecular formula is C16H18N4O3. The van der Waals surface area contributed by atoms with Crippen molar-refractivity contribution in [3.63, 3.8) is 0 Å². The SMILES string of the molecule is CC(OC(=O)c1cn(Cc2ccccc2)nn1)C(=O)NC1CC1. The maximum atomic E-state index is 12.0. The maximum Gasteiger partial charge on any atom is 0.361 e. The fourth-order valence-electron chi connectivity index (χ4n) is 2.06. The molecule has 1 atom stereocenters. The lowest BCUT2D eigenvalue weighted by Crippen LogP contribution is -2.37. The van der Waals surface area contributed by atoms with Gasteiger partial charge in [-0.15, -0.1) is 5.10 Å². The van der Waals surface area contributed by atoms with E-state index in [0.717, 1.165) is 18.4 Å². The van der Waals surface area contributed by atoms with Crippen LogP contribution < -0.4 is 5.32 Å². The lowest BCUT2D eigenvalue weighted by atomic mass is 10.2. The fourth-order valence-corrected chi connectivity index (χ4v) is 2.06. The van der Waals surface area contributed by atoms with Crippen LogP contribution in [0.25, 0.3) is 0 Å². The van der Waals surface area contributed by atoms with Crippen LogP contribution in [0.4, 0.5) is 0 Å². The highest BCUT2D eigenvalue weighted by atomic mass is 16.5. The highest BCUT2D eigenvalue weighted by Gasteiger charge is 2.27. The maximum absolute atomic E-state index is 12.0. The van der Waals surface area contributed by atoms with Crippen LogP contribution >= 0.6 is 0 Å². The third kappa shape index (κ3) is 4.15. The van der Waals surface area contributed by atoms with Crippen LogP contribution in [-0.4, -0.2) is 39.0 Å². The van der Waals surface area contributed by atoms with E-state index in [1.807, 2.05) is 30.3 Å². The predicted molar refractivity (Wildman–Crippen MR) is 81.6 cm³/mol. The van der Waals surface area contributed by atoms with Crippen LogP contribution in [0.15, 0.2) is 36.5 Å². The summed E-state index contributed by atoms with van der Waals surface area (Å²) in [6.45, 7) is 2.06. The first kappa shape index (κ1) is 15.2. The number of ether oxygens (including phenoxy) is 1. The second kappa shape index (κ2) is 6.60. The van der Waals surface area contributed by atoms with Crippen molar-refractivity contribution in [1.29, 1.82) is 0 Å². The molecule has 3 rings (SSSR count). The first-order valence-corrected chi connectivity index (χ1v) is 7.57. The molecular weight excluding hydrogens is 296 g/mol. The van der Waals surface area contributed by atoms with Crippen LogP contribution in [-0.2, 0) is 16.1 Å². The average Bonchev–Trinajstić information content (AvgIpc) is 3.23. The molecule has 1 aliphatic carbocycles. The molecule has 1 aliphatic rings. The third-order valence-electron chi connectivity index (χ3n) is 3.51. The molecule has 120 valence electrons. The number of benzene rings is 1. The Morgan fingerprint density at radius 1 is 1.35 bits per heavy atom. The Kier molecular flexibility index (Phi) is 4.36. The minimum absolute atomic E-state index is 0.0898. The molecule has 1 aromatic carbocycles. The van der Waals surface area contributed by atoms with E-state index in [0.29, 0.717) is 6.54 Å². The molecule has 1 N–H and O–H groups in total. The highest BCUT2D eigenvalue weighted by molar-refractivity contribution is 5.90. The van der Waals surface area contributed by atoms with Crippen molar-refractivity contribution in [1.82, 2.24) is 20.3 Å². The van der Waals surface area contributed by atoms with Gasteiger partial charge in [0.05, 0.1) is 12.7 Å². The zero-order valence-electron chi connectivity index (χ0n) is 12.8. The van der Waals surface area contributed by atoms with Crippen LogP contribution in [0.1, 0.15) is 35.8 Å². The Balaban J connectivity index is 1.56. The lowest BCUT2D eigenvalue weighted by molar-refractivity contribution is -0.129. The van der Waals surface area contributed by atoms with Crippen molar-refractivity contribution in [3.05, 3.63) is 47.8 Å². The molecule has 7 heteroatoms. The molecule has 0 radical (unpaired) electrons. The van der Waals surface area contributed by atoms with Crippen molar-refractivity contribution < 1.29 is 14.3 Å². The van der Waals surface area contributed by atoms with Gasteiger partial charge < -0.3 is 10.1 Å². The molecule has 0 saturated heterocycles. The van der Waals surface area contributed by atoms with Crippen LogP contribution in [0.3, 0.4) is 0 Å². The van der Waals surface area contributed by atoms with Crippen molar-refractivity contribution in [2.24, 2.45) is 0 Å². The van der Waals surface area contributed by atoms with E-state index in [9.17, 15) is 9.59 Å². The van der Waals surface area contributed by atoms with Gasteiger partial charge in [-0.05, 0) is 25.3 Å². The van der Waals surface area contributed by atoms with Gasteiger partial charge in [0.15, 0.2) is 11.8 Å². The Morgan fingerprint density at radius 3 is 2.78 bits per heavy atom. The van der Waals surface area contributed by atoms with E-state index in [1.165, 1.54) is 6.20 Å². The summed E-state index contributed by atoms with van der Waals surface area (Å²) in [6, 6.07) is 9.95. The molecule has 1 saturated carbocycles. The summed E-state index contributed by atoms with van der Waals surface area (Å²) in [5.41, 5.74) is 1.14. The standard InChI is InChI=1S/C16H18N4O3/c1-11(15(21)17-13-7-8-13)23-16(22)14-10-20(19-18-14)9-12-5-3-2-4-6-12/h2-6,10-11,13H,7-9H2,1H3,(H,17,21). The quantitative estimate of drug-likeness (QED) is 0.808. The van der Waals surface area contributed by atoms with Gasteiger partial charge in [-0.2, -0.15) is 0 Å². The number of nitrogens with one attached hydrogen (secondary N) is 1. The molecule has 0 bridgehead atoms. The van der Waals surface area contributed by atoms with Crippen molar-refractivity contribution in [2.45, 2.75) is 38.5 Å². The van der Waals surface area contributed by atoms with Gasteiger partial charge in [-0.25, -0.2) is 9.48 Å². The van der Waals surface area contributed by atoms with E-state index in [-0.39, 0.29) is 17.6 Å². The summed E-state index contributed by atoms with van der Waals surface area (Å²) >= 11 is 0. The molecule has 1 unspecified atom stereocenters. The number of carbonyl (C=O) groups is 2. The number of aromatic nitrogens is 3. The lowest BCUT2D eigenvalue weighted by Gasteiger charge is -2.11. The second-order valence-electron chi connectivity index (χ2n) is 5.62. The smallest absolute Gasteiger partial charge is 0.361 e. The van der Waals surface area contributed by atoms with Crippen molar-refractivity contribution >= 4 is 11.9 Å². The van der Waals surface area contributed by atoms with E-state index < -0.39 is 12.1 Å². The number of hydrogen-bond acceptors (Lipinski definition) is 5. The van der Waals surface area contributed by atoms with Crippen LogP contribution in [0.5, 0.6) is 0 Å². The van der Waals surface area contributed by atoms with E-state index in [4.69, 9.17) is 4.74 Å². The third-order valence-corrected chi connectivity index (χ3v) is 3.51. The number of carbonyl (C=O) groups excluding carboxylic acids is 2. The van der Waals surface area contributed by atoms with Crippen molar-refractivity contribution in [2.75, 3.05) is 0 Å². The highest BCUT2D eigenvalue weighted by Crippen LogP contribution is 2.18. The molecule has 0 aliphatic heterocycles. The first-order chi connectivity index (χ1) is 11.1. The monoisotopic (exact) mass is 314 g/mol. The van der Waals surface area contributed by atoms with Gasteiger partial charge in [0.25, 0.3) is 5.91 Å². The van der Waals surface area contributed by atoms with Gasteiger partial charge in [-0.1, -0.05) is 35.5 Å². The zero-order chi connectivity index (χ0) is 16.2. The van der Waals surface area contributed by atoms with Gasteiger partial charge >= 0.3 is 5.97 Å². The first-order valence-electron chi connectivity index (χ1n) is 7.57. The molecule has 1 heterocycles. The van der Waals surface area contributed by atoms with Crippen LogP contribution in [0.2, 0.25) is 0 Å². The molecule has 0 spiro atoms. The van der Waals surface area contributed by atoms with E-state index in [1.54, 1.807) is 11.6 Å². The minimum Gasteiger partial charge on any atom is -0.448 e. The van der Waals surface area contributed by atoms with Crippen LogP contribution in [0, 0.1) is 0 Å². The summed E-state index contributed by atoms with van der Waals surface area (Å²) < 4.78 is 6.68. The summed E-state index contributed by atoms with van der Waals surface area (Å²) in [7, 11) is 0.